The van der Waals surface area contributed by atoms with Crippen LogP contribution in [0.3, 0.4) is 0 Å². The van der Waals surface area contributed by atoms with Crippen LogP contribution in [0.2, 0.25) is 0 Å². The summed E-state index contributed by atoms with van der Waals surface area (Å²) in [4.78, 5) is 8.75. The summed E-state index contributed by atoms with van der Waals surface area (Å²) in [6.45, 7) is 2.51. The zero-order valence-electron chi connectivity index (χ0n) is 16.3. The lowest BCUT2D eigenvalue weighted by Crippen LogP contribution is -2.38. The Hall–Kier alpha value is -2.90. The van der Waals surface area contributed by atoms with Crippen molar-refractivity contribution in [1.82, 2.24) is 15.6 Å². The molecule has 152 valence electrons. The van der Waals surface area contributed by atoms with Gasteiger partial charge in [-0.05, 0) is 50.1 Å². The van der Waals surface area contributed by atoms with Gasteiger partial charge in [0.25, 0.3) is 0 Å². The van der Waals surface area contributed by atoms with Crippen molar-refractivity contribution < 1.29 is 18.3 Å². The Morgan fingerprint density at radius 1 is 1.21 bits per heavy atom. The summed E-state index contributed by atoms with van der Waals surface area (Å²) in [6, 6.07) is 8.69. The molecule has 28 heavy (non-hydrogen) atoms. The number of nitrogens with one attached hydrogen (secondary N) is 2. The predicted molar refractivity (Wildman–Crippen MR) is 105 cm³/mol. The average molecular weight is 392 g/mol. The highest BCUT2D eigenvalue weighted by molar-refractivity contribution is 5.79. The maximum atomic E-state index is 12.6. The first-order chi connectivity index (χ1) is 13.5. The van der Waals surface area contributed by atoms with E-state index in [0.29, 0.717) is 30.4 Å². The lowest BCUT2D eigenvalue weighted by atomic mass is 10.2. The van der Waals surface area contributed by atoms with E-state index in [9.17, 15) is 8.78 Å². The Morgan fingerprint density at radius 3 is 2.68 bits per heavy atom. The van der Waals surface area contributed by atoms with E-state index in [2.05, 4.69) is 25.3 Å². The zero-order chi connectivity index (χ0) is 20.4. The molecule has 0 saturated heterocycles. The van der Waals surface area contributed by atoms with Gasteiger partial charge in [0.15, 0.2) is 5.96 Å². The van der Waals surface area contributed by atoms with Crippen LogP contribution in [0.15, 0.2) is 41.5 Å². The minimum atomic E-state index is -2.90. The smallest absolute Gasteiger partial charge is 0.387 e. The van der Waals surface area contributed by atoms with E-state index in [1.54, 1.807) is 12.1 Å². The molecule has 0 saturated carbocycles. The van der Waals surface area contributed by atoms with Crippen LogP contribution in [0, 0.1) is 6.92 Å². The van der Waals surface area contributed by atoms with Gasteiger partial charge in [-0.25, -0.2) is 4.99 Å². The Labute approximate surface area is 164 Å². The van der Waals surface area contributed by atoms with E-state index in [-0.39, 0.29) is 12.3 Å². The summed E-state index contributed by atoms with van der Waals surface area (Å²) >= 11 is 0. The summed E-state index contributed by atoms with van der Waals surface area (Å²) in [5.74, 6) is 1.23. The number of ether oxygens (including phenoxy) is 2. The van der Waals surface area contributed by atoms with Crippen LogP contribution < -0.4 is 20.1 Å². The van der Waals surface area contributed by atoms with Gasteiger partial charge in [-0.3, -0.25) is 4.98 Å². The molecule has 0 aliphatic rings. The number of hydrogen-bond donors (Lipinski definition) is 2. The molecule has 0 fully saturated rings. The molecule has 0 bridgehead atoms. The van der Waals surface area contributed by atoms with Gasteiger partial charge in [0.2, 0.25) is 0 Å². The van der Waals surface area contributed by atoms with Crippen LogP contribution in [0.5, 0.6) is 11.5 Å². The number of halogens is 2. The van der Waals surface area contributed by atoms with Gasteiger partial charge >= 0.3 is 6.61 Å². The van der Waals surface area contributed by atoms with Gasteiger partial charge in [0, 0.05) is 30.5 Å². The van der Waals surface area contributed by atoms with Gasteiger partial charge in [-0.2, -0.15) is 8.78 Å². The molecule has 0 spiro atoms. The van der Waals surface area contributed by atoms with Crippen LogP contribution in [-0.4, -0.2) is 37.8 Å². The quantitative estimate of drug-likeness (QED) is 0.506. The van der Waals surface area contributed by atoms with Crippen molar-refractivity contribution in [1.29, 1.82) is 0 Å². The summed E-state index contributed by atoms with van der Waals surface area (Å²) in [6.07, 6.45) is 2.64. The molecule has 0 atom stereocenters. The topological polar surface area (TPSA) is 67.8 Å². The number of nitrogens with zero attached hydrogens (tertiary/aromatic N) is 2. The van der Waals surface area contributed by atoms with Crippen LogP contribution in [0.1, 0.15) is 23.7 Å². The largest absolute Gasteiger partial charge is 0.497 e. The van der Waals surface area contributed by atoms with Crippen molar-refractivity contribution in [3.63, 3.8) is 0 Å². The maximum Gasteiger partial charge on any atom is 0.387 e. The third-order valence-corrected chi connectivity index (χ3v) is 3.91. The Morgan fingerprint density at radius 2 is 2.04 bits per heavy atom. The molecule has 1 heterocycles. The second-order valence-electron chi connectivity index (χ2n) is 6.03. The molecule has 0 unspecified atom stereocenters. The monoisotopic (exact) mass is 392 g/mol. The standard InChI is InChI=1S/C20H26F2N4O2/c1-4-23-20(24-10-9-15-6-5-14(2)25-12-15)26-13-16-11-17(27-3)7-8-18(16)28-19(21)22/h5-8,11-12,19H,4,9-10,13H2,1-3H3,(H2,23,24,26). The first kappa shape index (κ1) is 21.4. The number of aliphatic imine (C=N–C) groups is 1. The van der Waals surface area contributed by atoms with Crippen molar-refractivity contribution in [2.45, 2.75) is 33.4 Å². The van der Waals surface area contributed by atoms with E-state index in [1.807, 2.05) is 32.2 Å². The molecule has 1 aromatic heterocycles. The number of pyridine rings is 1. The van der Waals surface area contributed by atoms with Gasteiger partial charge in [0.1, 0.15) is 11.5 Å². The first-order valence-electron chi connectivity index (χ1n) is 9.07. The normalized spacial score (nSPS) is 11.4. The van der Waals surface area contributed by atoms with Crippen molar-refractivity contribution in [2.75, 3.05) is 20.2 Å². The molecule has 2 rings (SSSR count). The number of rotatable bonds is 9. The molecular weight excluding hydrogens is 366 g/mol. The van der Waals surface area contributed by atoms with Crippen LogP contribution in [0.4, 0.5) is 8.78 Å². The molecule has 2 N–H and O–H groups in total. The Bertz CT molecular complexity index is 767. The molecular formula is C20H26F2N4O2. The number of aromatic nitrogens is 1. The van der Waals surface area contributed by atoms with E-state index in [4.69, 9.17) is 4.74 Å². The number of methoxy groups -OCH3 is 1. The Balaban J connectivity index is 2.03. The summed E-state index contributed by atoms with van der Waals surface area (Å²) in [5, 5.41) is 6.37. The van der Waals surface area contributed by atoms with E-state index in [1.165, 1.54) is 13.2 Å². The highest BCUT2D eigenvalue weighted by Crippen LogP contribution is 2.26. The molecule has 0 radical (unpaired) electrons. The van der Waals surface area contributed by atoms with Gasteiger partial charge in [-0.15, -0.1) is 0 Å². The highest BCUT2D eigenvalue weighted by atomic mass is 19.3. The van der Waals surface area contributed by atoms with Crippen molar-refractivity contribution in [2.24, 2.45) is 4.99 Å². The third kappa shape index (κ3) is 7.02. The van der Waals surface area contributed by atoms with Gasteiger partial charge < -0.3 is 20.1 Å². The lowest BCUT2D eigenvalue weighted by Gasteiger charge is -2.13. The molecule has 0 amide bonds. The highest BCUT2D eigenvalue weighted by Gasteiger charge is 2.11. The van der Waals surface area contributed by atoms with Gasteiger partial charge in [0.05, 0.1) is 13.7 Å². The second-order valence-corrected chi connectivity index (χ2v) is 6.03. The fourth-order valence-corrected chi connectivity index (χ4v) is 2.49. The fourth-order valence-electron chi connectivity index (χ4n) is 2.49. The molecule has 2 aromatic rings. The Kier molecular flexibility index (Phi) is 8.45. The average Bonchev–Trinajstić information content (AvgIpc) is 2.68. The minimum Gasteiger partial charge on any atom is -0.497 e. The number of aryl methyl sites for hydroxylation is 1. The first-order valence-corrected chi connectivity index (χ1v) is 9.07. The number of guanidine groups is 1. The molecule has 8 heteroatoms. The van der Waals surface area contributed by atoms with Gasteiger partial charge in [-0.1, -0.05) is 6.07 Å². The molecule has 6 nitrogen and oxygen atoms in total. The zero-order valence-corrected chi connectivity index (χ0v) is 16.3. The predicted octanol–water partition coefficient (Wildman–Crippen LogP) is 3.30. The molecule has 0 aliphatic carbocycles. The fraction of sp³-hybridized carbons (Fsp3) is 0.400. The summed E-state index contributed by atoms with van der Waals surface area (Å²) < 4.78 is 35.0. The minimum absolute atomic E-state index is 0.0844. The van der Waals surface area contributed by atoms with Crippen LogP contribution >= 0.6 is 0 Å². The SMILES string of the molecule is CCNC(=NCc1cc(OC)ccc1OC(F)F)NCCc1ccc(C)nc1. The van der Waals surface area contributed by atoms with E-state index >= 15 is 0 Å². The van der Waals surface area contributed by atoms with Crippen molar-refractivity contribution >= 4 is 5.96 Å². The number of alkyl halides is 2. The molecule has 1 aromatic carbocycles. The van der Waals surface area contributed by atoms with Crippen molar-refractivity contribution in [3.05, 3.63) is 53.3 Å². The van der Waals surface area contributed by atoms with E-state index < -0.39 is 6.61 Å². The molecule has 0 aliphatic heterocycles. The van der Waals surface area contributed by atoms with Crippen LogP contribution in [0.25, 0.3) is 0 Å². The summed E-state index contributed by atoms with van der Waals surface area (Å²) in [7, 11) is 1.52. The third-order valence-electron chi connectivity index (χ3n) is 3.91. The number of hydrogen-bond acceptors (Lipinski definition) is 4. The second kappa shape index (κ2) is 11.1. The maximum absolute atomic E-state index is 12.6. The lowest BCUT2D eigenvalue weighted by molar-refractivity contribution is -0.0504. The number of benzene rings is 1. The van der Waals surface area contributed by atoms with E-state index in [0.717, 1.165) is 17.7 Å². The van der Waals surface area contributed by atoms with Crippen LogP contribution in [-0.2, 0) is 13.0 Å². The van der Waals surface area contributed by atoms with Crippen molar-refractivity contribution in [3.8, 4) is 11.5 Å². The summed E-state index contributed by atoms with van der Waals surface area (Å²) in [5.41, 5.74) is 2.61.